The minimum absolute atomic E-state index is 0.0170. The highest BCUT2D eigenvalue weighted by Gasteiger charge is 2.02. The summed E-state index contributed by atoms with van der Waals surface area (Å²) in [6.45, 7) is 2.39. The Hall–Kier alpha value is -1.59. The zero-order valence-electron chi connectivity index (χ0n) is 6.70. The molecule has 0 bridgehead atoms. The van der Waals surface area contributed by atoms with Gasteiger partial charge in [0.1, 0.15) is 12.9 Å². The van der Waals surface area contributed by atoms with Crippen LogP contribution < -0.4 is 11.0 Å². The molecule has 2 N–H and O–H groups in total. The lowest BCUT2D eigenvalue weighted by atomic mass is 10.5. The van der Waals surface area contributed by atoms with E-state index in [-0.39, 0.29) is 18.1 Å². The summed E-state index contributed by atoms with van der Waals surface area (Å²) in [4.78, 5) is 21.8. The second-order valence-electron chi connectivity index (χ2n) is 2.24. The second-order valence-corrected chi connectivity index (χ2v) is 2.24. The Morgan fingerprint density at radius 1 is 1.83 bits per heavy atom. The first kappa shape index (κ1) is 8.51. The molecule has 1 heterocycles. The fourth-order valence-corrected chi connectivity index (χ4v) is 0.791. The van der Waals surface area contributed by atoms with Gasteiger partial charge >= 0.3 is 5.69 Å². The number of aromatic amines is 1. The quantitative estimate of drug-likeness (QED) is 0.592. The number of hydrogen-bond donors (Lipinski definition) is 2. The van der Waals surface area contributed by atoms with Crippen molar-refractivity contribution in [3.05, 3.63) is 16.8 Å². The molecule has 0 unspecified atom stereocenters. The SMILES string of the molecule is CCNC(=O)Cn1cn[nH]c1=O. The van der Waals surface area contributed by atoms with Gasteiger partial charge in [-0.15, -0.1) is 0 Å². The fourth-order valence-electron chi connectivity index (χ4n) is 0.791. The third kappa shape index (κ3) is 1.94. The number of nitrogens with one attached hydrogen (secondary N) is 2. The van der Waals surface area contributed by atoms with E-state index in [9.17, 15) is 9.59 Å². The molecule has 0 atom stereocenters. The van der Waals surface area contributed by atoms with Gasteiger partial charge in [0.15, 0.2) is 0 Å². The van der Waals surface area contributed by atoms with E-state index in [1.807, 2.05) is 6.92 Å². The Labute approximate surface area is 68.6 Å². The Bertz CT molecular complexity index is 313. The normalized spacial score (nSPS) is 9.75. The Kier molecular flexibility index (Phi) is 2.62. The third-order valence-corrected chi connectivity index (χ3v) is 1.31. The van der Waals surface area contributed by atoms with Gasteiger partial charge in [-0.2, -0.15) is 5.10 Å². The maximum Gasteiger partial charge on any atom is 0.343 e. The van der Waals surface area contributed by atoms with Crippen LogP contribution in [0.1, 0.15) is 6.92 Å². The molecule has 0 fully saturated rings. The van der Waals surface area contributed by atoms with E-state index in [0.29, 0.717) is 6.54 Å². The van der Waals surface area contributed by atoms with Gasteiger partial charge in [-0.1, -0.05) is 0 Å². The van der Waals surface area contributed by atoms with Crippen LogP contribution in [0.4, 0.5) is 0 Å². The van der Waals surface area contributed by atoms with Crippen molar-refractivity contribution in [2.45, 2.75) is 13.5 Å². The van der Waals surface area contributed by atoms with Crippen molar-refractivity contribution in [3.8, 4) is 0 Å². The topological polar surface area (TPSA) is 79.8 Å². The van der Waals surface area contributed by atoms with Crippen LogP contribution in [-0.4, -0.2) is 27.2 Å². The van der Waals surface area contributed by atoms with Crippen LogP contribution in [-0.2, 0) is 11.3 Å². The molecule has 1 aromatic rings. The Morgan fingerprint density at radius 2 is 2.58 bits per heavy atom. The van der Waals surface area contributed by atoms with Gasteiger partial charge in [-0.25, -0.2) is 9.89 Å². The predicted octanol–water partition coefficient (Wildman–Crippen LogP) is -1.29. The van der Waals surface area contributed by atoms with Crippen LogP contribution >= 0.6 is 0 Å². The van der Waals surface area contributed by atoms with Crippen LogP contribution in [0.15, 0.2) is 11.1 Å². The maximum absolute atomic E-state index is 11.0. The smallest absolute Gasteiger partial charge is 0.343 e. The molecule has 1 amide bonds. The molecule has 0 aliphatic heterocycles. The van der Waals surface area contributed by atoms with Crippen molar-refractivity contribution in [1.82, 2.24) is 20.1 Å². The third-order valence-electron chi connectivity index (χ3n) is 1.31. The minimum atomic E-state index is -0.374. The molecule has 12 heavy (non-hydrogen) atoms. The van der Waals surface area contributed by atoms with E-state index < -0.39 is 0 Å². The van der Waals surface area contributed by atoms with Crippen molar-refractivity contribution in [3.63, 3.8) is 0 Å². The zero-order chi connectivity index (χ0) is 8.97. The van der Waals surface area contributed by atoms with Gasteiger partial charge in [0.05, 0.1) is 0 Å². The van der Waals surface area contributed by atoms with Crippen LogP contribution in [0.5, 0.6) is 0 Å². The van der Waals surface area contributed by atoms with Crippen molar-refractivity contribution in [1.29, 1.82) is 0 Å². The molecule has 1 aromatic heterocycles. The maximum atomic E-state index is 11.0. The van der Waals surface area contributed by atoms with Gasteiger partial charge in [0.2, 0.25) is 5.91 Å². The Morgan fingerprint density at radius 3 is 3.08 bits per heavy atom. The molecule has 1 rings (SSSR count). The first-order chi connectivity index (χ1) is 5.74. The summed E-state index contributed by atoms with van der Waals surface area (Å²) in [7, 11) is 0. The van der Waals surface area contributed by atoms with Gasteiger partial charge < -0.3 is 5.32 Å². The molecule has 0 aromatic carbocycles. The molecule has 66 valence electrons. The summed E-state index contributed by atoms with van der Waals surface area (Å²) in [5.74, 6) is -0.194. The summed E-state index contributed by atoms with van der Waals surface area (Å²) in [6, 6.07) is 0. The van der Waals surface area contributed by atoms with Gasteiger partial charge in [0, 0.05) is 6.54 Å². The molecule has 6 nitrogen and oxygen atoms in total. The summed E-state index contributed by atoms with van der Waals surface area (Å²) in [6.07, 6.45) is 1.29. The number of aromatic nitrogens is 3. The molecule has 0 saturated carbocycles. The van der Waals surface area contributed by atoms with Crippen LogP contribution in [0, 0.1) is 0 Å². The van der Waals surface area contributed by atoms with Crippen molar-refractivity contribution in [2.75, 3.05) is 6.54 Å². The van der Waals surface area contributed by atoms with Crippen LogP contribution in [0.3, 0.4) is 0 Å². The number of carbonyl (C=O) groups excluding carboxylic acids is 1. The number of hydrogen-bond acceptors (Lipinski definition) is 3. The summed E-state index contributed by atoms with van der Waals surface area (Å²) in [5.41, 5.74) is -0.374. The number of likely N-dealkylation sites (N-methyl/N-ethyl adjacent to an activating group) is 1. The van der Waals surface area contributed by atoms with Crippen molar-refractivity contribution >= 4 is 5.91 Å². The van der Waals surface area contributed by atoms with E-state index in [1.165, 1.54) is 10.9 Å². The highest BCUT2D eigenvalue weighted by atomic mass is 16.2. The fraction of sp³-hybridized carbons (Fsp3) is 0.500. The van der Waals surface area contributed by atoms with E-state index >= 15 is 0 Å². The first-order valence-electron chi connectivity index (χ1n) is 3.60. The van der Waals surface area contributed by atoms with Crippen LogP contribution in [0.25, 0.3) is 0 Å². The predicted molar refractivity (Wildman–Crippen MR) is 41.5 cm³/mol. The monoisotopic (exact) mass is 170 g/mol. The largest absolute Gasteiger partial charge is 0.355 e. The summed E-state index contributed by atoms with van der Waals surface area (Å²) in [5, 5.41) is 8.24. The number of nitrogens with zero attached hydrogens (tertiary/aromatic N) is 2. The van der Waals surface area contributed by atoms with Gasteiger partial charge in [-0.05, 0) is 6.92 Å². The average molecular weight is 170 g/mol. The van der Waals surface area contributed by atoms with Crippen LogP contribution in [0.2, 0.25) is 0 Å². The highest BCUT2D eigenvalue weighted by Crippen LogP contribution is 1.75. The zero-order valence-corrected chi connectivity index (χ0v) is 6.70. The lowest BCUT2D eigenvalue weighted by Gasteiger charge is -1.99. The van der Waals surface area contributed by atoms with Gasteiger partial charge in [0.25, 0.3) is 0 Å². The lowest BCUT2D eigenvalue weighted by molar-refractivity contribution is -0.121. The number of H-pyrrole nitrogens is 1. The molecule has 0 saturated heterocycles. The van der Waals surface area contributed by atoms with E-state index in [2.05, 4.69) is 15.5 Å². The number of rotatable bonds is 3. The number of carbonyl (C=O) groups is 1. The summed E-state index contributed by atoms with van der Waals surface area (Å²) < 4.78 is 1.20. The standard InChI is InChI=1S/C6H10N4O2/c1-2-7-5(11)3-10-4-8-9-6(10)12/h4H,2-3H2,1H3,(H,7,11)(H,9,12). The van der Waals surface area contributed by atoms with Crippen molar-refractivity contribution in [2.24, 2.45) is 0 Å². The van der Waals surface area contributed by atoms with E-state index in [0.717, 1.165) is 0 Å². The summed E-state index contributed by atoms with van der Waals surface area (Å²) >= 11 is 0. The van der Waals surface area contributed by atoms with Gasteiger partial charge in [-0.3, -0.25) is 9.36 Å². The average Bonchev–Trinajstić information content (AvgIpc) is 2.37. The molecular weight excluding hydrogens is 160 g/mol. The van der Waals surface area contributed by atoms with E-state index in [4.69, 9.17) is 0 Å². The molecular formula is C6H10N4O2. The Balaban J connectivity index is 2.58. The molecule has 0 spiro atoms. The lowest BCUT2D eigenvalue weighted by Crippen LogP contribution is -2.30. The molecule has 6 heteroatoms. The highest BCUT2D eigenvalue weighted by molar-refractivity contribution is 5.75. The first-order valence-corrected chi connectivity index (χ1v) is 3.60. The van der Waals surface area contributed by atoms with E-state index in [1.54, 1.807) is 0 Å². The van der Waals surface area contributed by atoms with Crippen molar-refractivity contribution < 1.29 is 4.79 Å². The molecule has 0 aliphatic rings. The minimum Gasteiger partial charge on any atom is -0.355 e. The molecule has 0 radical (unpaired) electrons. The molecule has 0 aliphatic carbocycles. The second kappa shape index (κ2) is 3.70. The number of amides is 1.